The van der Waals surface area contributed by atoms with Crippen LogP contribution in [0.5, 0.6) is 5.75 Å². The van der Waals surface area contributed by atoms with Gasteiger partial charge in [-0.05, 0) is 44.6 Å². The van der Waals surface area contributed by atoms with E-state index >= 15 is 0 Å². The van der Waals surface area contributed by atoms with Crippen LogP contribution < -0.4 is 16.0 Å². The topological polar surface area (TPSA) is 203 Å². The zero-order valence-corrected chi connectivity index (χ0v) is 22.2. The highest BCUT2D eigenvalue weighted by Crippen LogP contribution is 2.58. The number of fused-ring (bicyclic) bond motifs is 3. The van der Waals surface area contributed by atoms with Crippen molar-refractivity contribution in [3.63, 3.8) is 0 Å². The first-order chi connectivity index (χ1) is 18.1. The Hall–Kier alpha value is -4.10. The first-order valence-electron chi connectivity index (χ1n) is 12.1. The third-order valence-electron chi connectivity index (χ3n) is 8.04. The van der Waals surface area contributed by atoms with Gasteiger partial charge in [-0.2, -0.15) is 0 Å². The number of hydrogen-bond acceptors (Lipinski definition) is 11. The number of carbonyl (C=O) groups is 4. The Morgan fingerprint density at radius 1 is 1.15 bits per heavy atom. The van der Waals surface area contributed by atoms with Crippen LogP contribution in [-0.2, 0) is 20.7 Å². The van der Waals surface area contributed by atoms with Crippen molar-refractivity contribution < 1.29 is 44.3 Å². The van der Waals surface area contributed by atoms with E-state index in [1.165, 1.54) is 25.1 Å². The Labute approximate surface area is 224 Å². The molecule has 13 heteroatoms. The number of phenolic OH excluding ortho intramolecular Hbond substituents is 1. The molecule has 0 saturated heterocycles. The van der Waals surface area contributed by atoms with Crippen molar-refractivity contribution in [3.8, 4) is 5.75 Å². The molecule has 39 heavy (non-hydrogen) atoms. The molecule has 0 heterocycles. The minimum absolute atomic E-state index is 0.00650. The molecule has 210 valence electrons. The number of aliphatic hydroxyl groups is 3. The molecule has 7 N–H and O–H groups in total. The number of nitrogens with zero attached hydrogens (tertiary/aromatic N) is 2. The molecule has 0 unspecified atom stereocenters. The van der Waals surface area contributed by atoms with E-state index in [2.05, 4.69) is 5.32 Å². The van der Waals surface area contributed by atoms with Crippen molar-refractivity contribution in [1.29, 1.82) is 0 Å². The number of nitrogens with two attached hydrogens (primary N) is 1. The van der Waals surface area contributed by atoms with Crippen LogP contribution in [-0.4, -0.2) is 102 Å². The third kappa shape index (κ3) is 3.83. The largest absolute Gasteiger partial charge is 0.510 e. The SMILES string of the molecule is COC(=O)NC[C@@]12Cc3c(N(C)C)ccc(O)c3C(=O)C1=C(O)[C@]1(O)C(=O)C(C(N)=O)=C(O)[C@@H](N(C)C)[C@@H]1C2. The molecule has 0 spiro atoms. The van der Waals surface area contributed by atoms with E-state index in [1.807, 2.05) is 0 Å². The number of primary amides is 1. The minimum atomic E-state index is -2.81. The average molecular weight is 545 g/mol. The molecule has 4 atom stereocenters. The number of aromatic hydroxyl groups is 1. The molecule has 4 rings (SSSR count). The average Bonchev–Trinajstić information content (AvgIpc) is 2.84. The van der Waals surface area contributed by atoms with Gasteiger partial charge in [0.1, 0.15) is 22.8 Å². The maximum atomic E-state index is 14.1. The highest BCUT2D eigenvalue weighted by atomic mass is 16.5. The summed E-state index contributed by atoms with van der Waals surface area (Å²) in [6.07, 6.45) is -1.03. The normalized spacial score (nSPS) is 28.1. The van der Waals surface area contributed by atoms with Crippen LogP contribution in [0.1, 0.15) is 22.3 Å². The summed E-state index contributed by atoms with van der Waals surface area (Å²) in [5.41, 5.74) is 0.762. The van der Waals surface area contributed by atoms with Gasteiger partial charge in [-0.1, -0.05) is 0 Å². The van der Waals surface area contributed by atoms with Gasteiger partial charge >= 0.3 is 6.09 Å². The van der Waals surface area contributed by atoms with Gasteiger partial charge < -0.3 is 41.1 Å². The molecule has 3 aliphatic rings. The number of ketones is 2. The van der Waals surface area contributed by atoms with Crippen molar-refractivity contribution in [2.24, 2.45) is 17.1 Å². The fraction of sp³-hybridized carbons (Fsp3) is 0.462. The number of benzene rings is 1. The molecule has 0 fully saturated rings. The molecule has 0 saturated carbocycles. The molecular weight excluding hydrogens is 512 g/mol. The van der Waals surface area contributed by atoms with Gasteiger partial charge in [-0.3, -0.25) is 19.3 Å². The predicted octanol–water partition coefficient (Wildman–Crippen LogP) is -0.0872. The zero-order valence-electron chi connectivity index (χ0n) is 22.2. The number of alkyl carbamates (subject to hydrolysis) is 1. The number of hydrogen-bond donors (Lipinski definition) is 6. The zero-order chi connectivity index (χ0) is 29.2. The van der Waals surface area contributed by atoms with Gasteiger partial charge in [0.25, 0.3) is 5.91 Å². The van der Waals surface area contributed by atoms with Crippen molar-refractivity contribution >= 4 is 29.3 Å². The van der Waals surface area contributed by atoms with Crippen LogP contribution in [0.4, 0.5) is 10.5 Å². The number of rotatable bonds is 5. The summed E-state index contributed by atoms with van der Waals surface area (Å²) >= 11 is 0. The molecule has 2 amide bonds. The van der Waals surface area contributed by atoms with Crippen LogP contribution in [0, 0.1) is 11.3 Å². The molecular formula is C26H32N4O9. The lowest BCUT2D eigenvalue weighted by Crippen LogP contribution is -2.66. The van der Waals surface area contributed by atoms with E-state index in [4.69, 9.17) is 10.5 Å². The Balaban J connectivity index is 2.07. The summed E-state index contributed by atoms with van der Waals surface area (Å²) < 4.78 is 4.71. The number of ether oxygens (including phenoxy) is 1. The molecule has 1 aromatic carbocycles. The Kier molecular flexibility index (Phi) is 6.64. The van der Waals surface area contributed by atoms with E-state index in [9.17, 15) is 39.6 Å². The van der Waals surface area contributed by atoms with E-state index in [1.54, 1.807) is 25.1 Å². The van der Waals surface area contributed by atoms with Crippen LogP contribution in [0.15, 0.2) is 34.8 Å². The Morgan fingerprint density at radius 3 is 2.33 bits per heavy atom. The van der Waals surface area contributed by atoms with E-state index < -0.39 is 69.2 Å². The van der Waals surface area contributed by atoms with Gasteiger partial charge in [0.15, 0.2) is 11.4 Å². The van der Waals surface area contributed by atoms with E-state index in [0.717, 1.165) is 7.11 Å². The lowest BCUT2D eigenvalue weighted by molar-refractivity contribution is -0.150. The number of carbonyl (C=O) groups excluding carboxylic acids is 4. The van der Waals surface area contributed by atoms with Gasteiger partial charge in [0.05, 0.1) is 18.7 Å². The van der Waals surface area contributed by atoms with Crippen LogP contribution in [0.3, 0.4) is 0 Å². The van der Waals surface area contributed by atoms with Gasteiger partial charge in [-0.15, -0.1) is 0 Å². The summed E-state index contributed by atoms with van der Waals surface area (Å²) in [4.78, 5) is 55.1. The van der Waals surface area contributed by atoms with Crippen LogP contribution in [0.2, 0.25) is 0 Å². The lowest BCUT2D eigenvalue weighted by atomic mass is 9.52. The molecule has 0 radical (unpaired) electrons. The fourth-order valence-corrected chi connectivity index (χ4v) is 6.38. The summed E-state index contributed by atoms with van der Waals surface area (Å²) in [7, 11) is 7.72. The highest BCUT2D eigenvalue weighted by molar-refractivity contribution is 6.25. The highest BCUT2D eigenvalue weighted by Gasteiger charge is 2.66. The fourth-order valence-electron chi connectivity index (χ4n) is 6.38. The number of Topliss-reactive ketones (excluding diaryl/α,β-unsaturated/α-hetero) is 2. The lowest BCUT2D eigenvalue weighted by Gasteiger charge is -2.54. The second kappa shape index (κ2) is 9.27. The quantitative estimate of drug-likeness (QED) is 0.270. The summed E-state index contributed by atoms with van der Waals surface area (Å²) in [5, 5.41) is 47.8. The summed E-state index contributed by atoms with van der Waals surface area (Å²) in [5.74, 6) is -6.87. The predicted molar refractivity (Wildman–Crippen MR) is 137 cm³/mol. The molecule has 3 aliphatic carbocycles. The van der Waals surface area contributed by atoms with Crippen molar-refractivity contribution in [3.05, 3.63) is 45.9 Å². The van der Waals surface area contributed by atoms with Gasteiger partial charge in [0, 0.05) is 43.2 Å². The summed E-state index contributed by atoms with van der Waals surface area (Å²) in [6.45, 7) is -0.263. The summed E-state index contributed by atoms with van der Waals surface area (Å²) in [6, 6.07) is 1.77. The number of nitrogens with one attached hydrogen (secondary N) is 1. The van der Waals surface area contributed by atoms with Gasteiger partial charge in [-0.25, -0.2) is 4.79 Å². The second-order valence-electron chi connectivity index (χ2n) is 10.6. The number of likely N-dealkylation sites (N-methyl/N-ethyl adjacent to an activating group) is 1. The number of amides is 2. The van der Waals surface area contributed by atoms with Gasteiger partial charge in [0.2, 0.25) is 5.78 Å². The Bertz CT molecular complexity index is 1370. The van der Waals surface area contributed by atoms with Crippen LogP contribution in [0.25, 0.3) is 0 Å². The Morgan fingerprint density at radius 2 is 1.79 bits per heavy atom. The first kappa shape index (κ1) is 27.9. The monoisotopic (exact) mass is 544 g/mol. The molecule has 1 aromatic rings. The molecule has 0 bridgehead atoms. The van der Waals surface area contributed by atoms with Crippen LogP contribution >= 0.6 is 0 Å². The number of anilines is 1. The molecule has 0 aromatic heterocycles. The second-order valence-corrected chi connectivity index (χ2v) is 10.6. The number of phenols is 1. The van der Waals surface area contributed by atoms with Crippen molar-refractivity contribution in [2.75, 3.05) is 46.7 Å². The van der Waals surface area contributed by atoms with Crippen molar-refractivity contribution in [2.45, 2.75) is 24.5 Å². The third-order valence-corrected chi connectivity index (χ3v) is 8.04. The standard InChI is InChI=1S/C26H32N4O9/c1-29(2)13-6-7-14(31)15-11(13)8-25(10-28-24(37)39-5)9-12-18(30(3)4)20(33)16(23(27)36)21(34)26(12,38)22(35)17(25)19(15)32/h6-7,12,18,31,33,35,38H,8-10H2,1-5H3,(H2,27,36)(H,28,37)/t12-,18-,25-,26+/m0/s1. The smallest absolute Gasteiger partial charge is 0.406 e. The van der Waals surface area contributed by atoms with Crippen molar-refractivity contribution in [1.82, 2.24) is 10.2 Å². The maximum absolute atomic E-state index is 14.1. The number of methoxy groups -OCH3 is 1. The number of aliphatic hydroxyl groups excluding tert-OH is 2. The maximum Gasteiger partial charge on any atom is 0.406 e. The molecule has 0 aliphatic heterocycles. The first-order valence-corrected chi connectivity index (χ1v) is 12.1. The van der Waals surface area contributed by atoms with E-state index in [-0.39, 0.29) is 30.7 Å². The molecule has 13 nitrogen and oxygen atoms in total. The van der Waals surface area contributed by atoms with E-state index in [0.29, 0.717) is 11.3 Å². The minimum Gasteiger partial charge on any atom is -0.510 e.